The van der Waals surface area contributed by atoms with E-state index in [1.807, 2.05) is 66.7 Å². The highest BCUT2D eigenvalue weighted by Crippen LogP contribution is 2.22. The standard InChI is InChI=1S/C25H26N2O3S/c28-25(20-9-7-19(8-10-20)18-31-24-6-1-3-15-26-24)27-21-11-13-22(14-12-21)30-17-23-5-2-4-16-29-23/h1,3,6-15,23H,2,4-5,16-18H2,(H,27,28). The second kappa shape index (κ2) is 11.0. The molecule has 0 saturated carbocycles. The number of pyridine rings is 1. The number of carbonyl (C=O) groups excluding carboxylic acids is 1. The van der Waals surface area contributed by atoms with Crippen molar-refractivity contribution < 1.29 is 14.3 Å². The van der Waals surface area contributed by atoms with Gasteiger partial charge in [-0.05, 0) is 73.4 Å². The smallest absolute Gasteiger partial charge is 0.255 e. The molecule has 1 aromatic heterocycles. The topological polar surface area (TPSA) is 60.5 Å². The zero-order chi connectivity index (χ0) is 21.3. The SMILES string of the molecule is O=C(Nc1ccc(OCC2CCCCO2)cc1)c1ccc(CSc2ccccn2)cc1. The number of benzene rings is 2. The molecular weight excluding hydrogens is 408 g/mol. The average molecular weight is 435 g/mol. The second-order valence-corrected chi connectivity index (χ2v) is 8.43. The summed E-state index contributed by atoms with van der Waals surface area (Å²) in [6.45, 7) is 1.39. The number of thioether (sulfide) groups is 1. The summed E-state index contributed by atoms with van der Waals surface area (Å²) in [6, 6.07) is 21.0. The van der Waals surface area contributed by atoms with E-state index in [1.165, 1.54) is 6.42 Å². The van der Waals surface area contributed by atoms with Crippen LogP contribution in [0, 0.1) is 0 Å². The Balaban J connectivity index is 1.25. The van der Waals surface area contributed by atoms with Crippen LogP contribution in [0.3, 0.4) is 0 Å². The first-order chi connectivity index (χ1) is 15.3. The van der Waals surface area contributed by atoms with Crippen molar-refractivity contribution in [1.29, 1.82) is 0 Å². The summed E-state index contributed by atoms with van der Waals surface area (Å²) < 4.78 is 11.5. The number of aromatic nitrogens is 1. The number of rotatable bonds is 8. The molecular formula is C25H26N2O3S. The van der Waals surface area contributed by atoms with Gasteiger partial charge in [-0.15, -0.1) is 11.8 Å². The second-order valence-electron chi connectivity index (χ2n) is 7.43. The van der Waals surface area contributed by atoms with E-state index in [2.05, 4.69) is 10.3 Å². The Morgan fingerprint density at radius 3 is 2.61 bits per heavy atom. The molecule has 1 saturated heterocycles. The molecule has 5 nitrogen and oxygen atoms in total. The number of amides is 1. The Kier molecular flexibility index (Phi) is 7.58. The minimum absolute atomic E-state index is 0.131. The van der Waals surface area contributed by atoms with Crippen LogP contribution in [0.1, 0.15) is 35.2 Å². The Morgan fingerprint density at radius 1 is 1.06 bits per heavy atom. The van der Waals surface area contributed by atoms with Crippen LogP contribution < -0.4 is 10.1 Å². The van der Waals surface area contributed by atoms with Crippen molar-refractivity contribution in [2.24, 2.45) is 0 Å². The van der Waals surface area contributed by atoms with Crippen molar-refractivity contribution in [3.8, 4) is 5.75 Å². The normalized spacial score (nSPS) is 15.9. The molecule has 1 aliphatic rings. The van der Waals surface area contributed by atoms with Crippen LogP contribution in [0.15, 0.2) is 78.0 Å². The summed E-state index contributed by atoms with van der Waals surface area (Å²) in [6.07, 6.45) is 5.35. The van der Waals surface area contributed by atoms with E-state index in [0.717, 1.165) is 47.2 Å². The lowest BCUT2D eigenvalue weighted by Crippen LogP contribution is -2.25. The van der Waals surface area contributed by atoms with Gasteiger partial charge in [0.25, 0.3) is 5.91 Å². The lowest BCUT2D eigenvalue weighted by atomic mass is 10.1. The molecule has 4 rings (SSSR count). The fraction of sp³-hybridized carbons (Fsp3) is 0.280. The van der Waals surface area contributed by atoms with Crippen molar-refractivity contribution in [3.63, 3.8) is 0 Å². The third-order valence-corrected chi connectivity index (χ3v) is 6.08. The number of hydrogen-bond acceptors (Lipinski definition) is 5. The lowest BCUT2D eigenvalue weighted by molar-refractivity contribution is -0.0110. The van der Waals surface area contributed by atoms with Gasteiger partial charge in [0.05, 0.1) is 11.1 Å². The minimum atomic E-state index is -0.131. The molecule has 1 fully saturated rings. The molecule has 1 unspecified atom stereocenters. The van der Waals surface area contributed by atoms with E-state index in [9.17, 15) is 4.79 Å². The number of anilines is 1. The fourth-order valence-electron chi connectivity index (χ4n) is 3.31. The van der Waals surface area contributed by atoms with Crippen molar-refractivity contribution in [2.75, 3.05) is 18.5 Å². The number of nitrogens with zero attached hydrogens (tertiary/aromatic N) is 1. The van der Waals surface area contributed by atoms with Crippen molar-refractivity contribution >= 4 is 23.4 Å². The number of carbonyl (C=O) groups is 1. The molecule has 0 bridgehead atoms. The zero-order valence-electron chi connectivity index (χ0n) is 17.3. The Morgan fingerprint density at radius 2 is 1.90 bits per heavy atom. The summed E-state index contributed by atoms with van der Waals surface area (Å²) in [7, 11) is 0. The Labute approximate surface area is 187 Å². The van der Waals surface area contributed by atoms with Crippen LogP contribution in [0.25, 0.3) is 0 Å². The highest BCUT2D eigenvalue weighted by molar-refractivity contribution is 7.98. The van der Waals surface area contributed by atoms with E-state index in [-0.39, 0.29) is 12.0 Å². The van der Waals surface area contributed by atoms with E-state index < -0.39 is 0 Å². The molecule has 2 aromatic carbocycles. The van der Waals surface area contributed by atoms with E-state index in [1.54, 1.807) is 18.0 Å². The fourth-order valence-corrected chi connectivity index (χ4v) is 4.13. The van der Waals surface area contributed by atoms with Gasteiger partial charge >= 0.3 is 0 Å². The molecule has 1 atom stereocenters. The average Bonchev–Trinajstić information content (AvgIpc) is 2.84. The highest BCUT2D eigenvalue weighted by Gasteiger charge is 2.14. The van der Waals surface area contributed by atoms with Gasteiger partial charge in [-0.3, -0.25) is 4.79 Å². The van der Waals surface area contributed by atoms with Crippen LogP contribution in [-0.2, 0) is 10.5 Å². The number of nitrogens with one attached hydrogen (secondary N) is 1. The van der Waals surface area contributed by atoms with Gasteiger partial charge in [-0.2, -0.15) is 0 Å². The monoisotopic (exact) mass is 434 g/mol. The molecule has 0 spiro atoms. The van der Waals surface area contributed by atoms with Gasteiger partial charge in [0.15, 0.2) is 0 Å². The van der Waals surface area contributed by atoms with Crippen LogP contribution in [-0.4, -0.2) is 30.2 Å². The van der Waals surface area contributed by atoms with E-state index >= 15 is 0 Å². The third-order valence-electron chi connectivity index (χ3n) is 5.06. The molecule has 160 valence electrons. The number of hydrogen-bond donors (Lipinski definition) is 1. The molecule has 1 amide bonds. The summed E-state index contributed by atoms with van der Waals surface area (Å²) >= 11 is 1.67. The van der Waals surface area contributed by atoms with E-state index in [4.69, 9.17) is 9.47 Å². The first kappa shape index (κ1) is 21.4. The molecule has 3 aromatic rings. The minimum Gasteiger partial charge on any atom is -0.491 e. The first-order valence-corrected chi connectivity index (χ1v) is 11.5. The largest absolute Gasteiger partial charge is 0.491 e. The molecule has 1 N–H and O–H groups in total. The molecule has 2 heterocycles. The predicted octanol–water partition coefficient (Wildman–Crippen LogP) is 5.57. The first-order valence-electron chi connectivity index (χ1n) is 10.5. The van der Waals surface area contributed by atoms with Gasteiger partial charge in [0, 0.05) is 29.8 Å². The highest BCUT2D eigenvalue weighted by atomic mass is 32.2. The molecule has 31 heavy (non-hydrogen) atoms. The molecule has 1 aliphatic heterocycles. The van der Waals surface area contributed by atoms with Gasteiger partial charge in [0.2, 0.25) is 0 Å². The van der Waals surface area contributed by atoms with Crippen LogP contribution >= 0.6 is 11.8 Å². The maximum absolute atomic E-state index is 12.5. The lowest BCUT2D eigenvalue weighted by Gasteiger charge is -2.22. The van der Waals surface area contributed by atoms with Crippen molar-refractivity contribution in [3.05, 3.63) is 84.1 Å². The maximum atomic E-state index is 12.5. The van der Waals surface area contributed by atoms with Gasteiger partial charge in [0.1, 0.15) is 12.4 Å². The van der Waals surface area contributed by atoms with Crippen molar-refractivity contribution in [2.45, 2.75) is 36.1 Å². The number of ether oxygens (including phenoxy) is 2. The quantitative estimate of drug-likeness (QED) is 0.470. The van der Waals surface area contributed by atoms with Crippen LogP contribution in [0.2, 0.25) is 0 Å². The zero-order valence-corrected chi connectivity index (χ0v) is 18.1. The van der Waals surface area contributed by atoms with E-state index in [0.29, 0.717) is 12.2 Å². The summed E-state index contributed by atoms with van der Waals surface area (Å²) in [5.41, 5.74) is 2.51. The third kappa shape index (κ3) is 6.57. The molecule has 0 aliphatic carbocycles. The van der Waals surface area contributed by atoms with Crippen LogP contribution in [0.4, 0.5) is 5.69 Å². The Hall–Kier alpha value is -2.83. The van der Waals surface area contributed by atoms with Gasteiger partial charge in [-0.1, -0.05) is 18.2 Å². The summed E-state index contributed by atoms with van der Waals surface area (Å²) in [5.74, 6) is 1.46. The maximum Gasteiger partial charge on any atom is 0.255 e. The molecule has 6 heteroatoms. The van der Waals surface area contributed by atoms with Crippen LogP contribution in [0.5, 0.6) is 5.75 Å². The van der Waals surface area contributed by atoms with Gasteiger partial charge < -0.3 is 14.8 Å². The molecule has 0 radical (unpaired) electrons. The Bertz CT molecular complexity index is 956. The summed E-state index contributed by atoms with van der Waals surface area (Å²) in [5, 5.41) is 3.92. The van der Waals surface area contributed by atoms with Crippen molar-refractivity contribution in [1.82, 2.24) is 4.98 Å². The summed E-state index contributed by atoms with van der Waals surface area (Å²) in [4.78, 5) is 16.9. The van der Waals surface area contributed by atoms with Gasteiger partial charge in [-0.25, -0.2) is 4.98 Å². The predicted molar refractivity (Wildman–Crippen MR) is 124 cm³/mol.